The lowest BCUT2D eigenvalue weighted by molar-refractivity contribution is -0.141. The van der Waals surface area contributed by atoms with Gasteiger partial charge in [-0.2, -0.15) is 18.3 Å². The number of nitrogens with one attached hydrogen (secondary N) is 3. The van der Waals surface area contributed by atoms with Crippen LogP contribution in [-0.2, 0) is 25.5 Å². The van der Waals surface area contributed by atoms with Crippen LogP contribution in [0.4, 0.5) is 23.2 Å². The Morgan fingerprint density at radius 1 is 0.962 bits per heavy atom. The Balaban J connectivity index is 1.40. The third-order valence-electron chi connectivity index (χ3n) is 7.99. The highest BCUT2D eigenvalue weighted by Crippen LogP contribution is 2.33. The van der Waals surface area contributed by atoms with E-state index in [9.17, 15) is 36.0 Å². The second kappa shape index (κ2) is 15.9. The van der Waals surface area contributed by atoms with Crippen LogP contribution >= 0.6 is 0 Å². The molecular formula is C34H34F4N6O7S. The van der Waals surface area contributed by atoms with E-state index in [1.165, 1.54) is 49.6 Å². The average molecular weight is 747 g/mol. The fraction of sp³-hybridized carbons (Fsp3) is 0.294. The van der Waals surface area contributed by atoms with Crippen molar-refractivity contribution in [2.45, 2.75) is 11.1 Å². The molecule has 18 heteroatoms. The summed E-state index contributed by atoms with van der Waals surface area (Å²) in [5.74, 6) is -3.49. The van der Waals surface area contributed by atoms with Crippen LogP contribution in [0.2, 0.25) is 0 Å². The second-order valence-corrected chi connectivity index (χ2v) is 13.6. The predicted octanol–water partition coefficient (Wildman–Crippen LogP) is 3.54. The maximum Gasteiger partial charge on any atom is 0.435 e. The number of rotatable bonds is 12. The minimum absolute atomic E-state index is 0.0569. The van der Waals surface area contributed by atoms with Crippen molar-refractivity contribution in [3.8, 4) is 22.6 Å². The number of aromatic nitrogens is 2. The summed E-state index contributed by atoms with van der Waals surface area (Å²) in [6, 6.07) is 13.5. The molecule has 0 unspecified atom stereocenters. The molecule has 276 valence electrons. The largest absolute Gasteiger partial charge is 0.497 e. The van der Waals surface area contributed by atoms with Crippen molar-refractivity contribution in [1.82, 2.24) is 25.3 Å². The van der Waals surface area contributed by atoms with Gasteiger partial charge in [0.15, 0.2) is 15.5 Å². The molecule has 0 spiro atoms. The highest BCUT2D eigenvalue weighted by Gasteiger charge is 2.37. The van der Waals surface area contributed by atoms with E-state index >= 15 is 4.39 Å². The fourth-order valence-corrected chi connectivity index (χ4v) is 6.28. The van der Waals surface area contributed by atoms with Crippen LogP contribution in [0.5, 0.6) is 5.75 Å². The summed E-state index contributed by atoms with van der Waals surface area (Å²) in [4.78, 5) is 41.4. The number of anilines is 1. The molecule has 2 heterocycles. The number of nitrogens with zero attached hydrogens (tertiary/aromatic N) is 3. The fourth-order valence-electron chi connectivity index (χ4n) is 5.37. The minimum atomic E-state index is -5.02. The van der Waals surface area contributed by atoms with E-state index in [4.69, 9.17) is 9.47 Å². The molecule has 0 aliphatic carbocycles. The number of halogens is 4. The molecule has 0 saturated carbocycles. The molecule has 1 saturated heterocycles. The van der Waals surface area contributed by atoms with E-state index < -0.39 is 63.2 Å². The quantitative estimate of drug-likeness (QED) is 0.184. The van der Waals surface area contributed by atoms with Crippen LogP contribution < -0.4 is 20.7 Å². The number of morpholine rings is 1. The molecule has 1 aromatic heterocycles. The minimum Gasteiger partial charge on any atom is -0.497 e. The van der Waals surface area contributed by atoms with Crippen LogP contribution in [0, 0.1) is 5.82 Å². The standard InChI is InChI=1S/C34H34F4N6O7S/c1-50-22-8-10-27(24(18-22)32(46)40-20-31(45)39-11-12-43-13-15-51-16-14-43)44-28(19-30(42-44)34(36,37)38)33(47)41-26-9-7-21(17-25(26)35)23-5-3-4-6-29(23)52(2,48)49/h3-10,17-19H,11-16,20H2,1-2H3,(H,39,45)(H,40,46)(H,41,47). The van der Waals surface area contributed by atoms with Crippen LogP contribution in [-0.4, -0.2) is 100 Å². The third-order valence-corrected chi connectivity index (χ3v) is 9.14. The van der Waals surface area contributed by atoms with E-state index in [0.29, 0.717) is 37.1 Å². The number of alkyl halides is 3. The molecule has 0 radical (unpaired) electrons. The Morgan fingerprint density at radius 3 is 2.37 bits per heavy atom. The number of carbonyl (C=O) groups is 3. The number of ether oxygens (including phenoxy) is 2. The van der Waals surface area contributed by atoms with Gasteiger partial charge in [0.2, 0.25) is 5.91 Å². The van der Waals surface area contributed by atoms with Crippen molar-refractivity contribution in [3.05, 3.63) is 89.5 Å². The summed E-state index contributed by atoms with van der Waals surface area (Å²) in [6.07, 6.45) is -4.02. The van der Waals surface area contributed by atoms with Gasteiger partial charge in [-0.1, -0.05) is 24.3 Å². The van der Waals surface area contributed by atoms with E-state index in [2.05, 4.69) is 25.9 Å². The maximum absolute atomic E-state index is 15.4. The van der Waals surface area contributed by atoms with Crippen LogP contribution in [0.1, 0.15) is 26.5 Å². The second-order valence-electron chi connectivity index (χ2n) is 11.6. The predicted molar refractivity (Wildman–Crippen MR) is 181 cm³/mol. The van der Waals surface area contributed by atoms with E-state index in [1.807, 2.05) is 0 Å². The summed E-state index contributed by atoms with van der Waals surface area (Å²) in [6.45, 7) is 3.03. The van der Waals surface area contributed by atoms with Gasteiger partial charge in [0.25, 0.3) is 11.8 Å². The van der Waals surface area contributed by atoms with Crippen molar-refractivity contribution >= 4 is 33.2 Å². The lowest BCUT2D eigenvalue weighted by Gasteiger charge is -2.26. The zero-order chi connectivity index (χ0) is 37.6. The number of amides is 3. The molecule has 4 aromatic rings. The van der Waals surface area contributed by atoms with Gasteiger partial charge in [-0.15, -0.1) is 0 Å². The number of carbonyl (C=O) groups excluding carboxylic acids is 3. The van der Waals surface area contributed by atoms with Gasteiger partial charge >= 0.3 is 6.18 Å². The average Bonchev–Trinajstić information content (AvgIpc) is 3.58. The Kier molecular flexibility index (Phi) is 11.6. The zero-order valence-electron chi connectivity index (χ0n) is 27.9. The molecule has 3 amide bonds. The van der Waals surface area contributed by atoms with Crippen molar-refractivity contribution in [3.63, 3.8) is 0 Å². The van der Waals surface area contributed by atoms with Gasteiger partial charge in [-0.25, -0.2) is 17.5 Å². The first-order chi connectivity index (χ1) is 24.7. The summed E-state index contributed by atoms with van der Waals surface area (Å²) in [5.41, 5.74) is -2.82. The first-order valence-corrected chi connectivity index (χ1v) is 17.7. The van der Waals surface area contributed by atoms with E-state index in [0.717, 1.165) is 31.5 Å². The number of benzene rings is 3. The van der Waals surface area contributed by atoms with Crippen molar-refractivity contribution in [2.75, 3.05) is 64.6 Å². The highest BCUT2D eigenvalue weighted by atomic mass is 32.2. The first kappa shape index (κ1) is 37.9. The lowest BCUT2D eigenvalue weighted by Crippen LogP contribution is -2.43. The van der Waals surface area contributed by atoms with E-state index in [-0.39, 0.29) is 33.0 Å². The van der Waals surface area contributed by atoms with Gasteiger partial charge < -0.3 is 25.4 Å². The Morgan fingerprint density at radius 2 is 1.69 bits per heavy atom. The number of sulfone groups is 1. The van der Waals surface area contributed by atoms with Crippen molar-refractivity contribution in [1.29, 1.82) is 0 Å². The summed E-state index contributed by atoms with van der Waals surface area (Å²) >= 11 is 0. The zero-order valence-corrected chi connectivity index (χ0v) is 28.7. The molecule has 3 N–H and O–H groups in total. The first-order valence-electron chi connectivity index (χ1n) is 15.8. The van der Waals surface area contributed by atoms with Crippen molar-refractivity contribution < 1.29 is 49.8 Å². The smallest absolute Gasteiger partial charge is 0.435 e. The SMILES string of the molecule is COc1ccc(-n2nc(C(F)(F)F)cc2C(=O)Nc2ccc(-c3ccccc3S(C)(=O)=O)cc2F)c(C(=O)NCC(=O)NCCN2CCOCC2)c1. The van der Waals surface area contributed by atoms with E-state index in [1.54, 1.807) is 6.07 Å². The molecule has 52 heavy (non-hydrogen) atoms. The van der Waals surface area contributed by atoms with Crippen molar-refractivity contribution in [2.24, 2.45) is 0 Å². The lowest BCUT2D eigenvalue weighted by atomic mass is 10.0. The van der Waals surface area contributed by atoms with Gasteiger partial charge in [0.1, 0.15) is 17.3 Å². The topological polar surface area (TPSA) is 161 Å². The molecule has 13 nitrogen and oxygen atoms in total. The van der Waals surface area contributed by atoms with Crippen LogP contribution in [0.15, 0.2) is 71.6 Å². The number of methoxy groups -OCH3 is 1. The number of hydrogen-bond acceptors (Lipinski definition) is 9. The Labute approximate surface area is 295 Å². The molecule has 1 fully saturated rings. The molecular weight excluding hydrogens is 712 g/mol. The highest BCUT2D eigenvalue weighted by molar-refractivity contribution is 7.90. The molecule has 1 aliphatic heterocycles. The van der Waals surface area contributed by atoms with Gasteiger partial charge in [-0.3, -0.25) is 19.3 Å². The number of hydrogen-bond donors (Lipinski definition) is 3. The van der Waals surface area contributed by atoms with Crippen LogP contribution in [0.3, 0.4) is 0 Å². The molecule has 0 atom stereocenters. The molecule has 0 bridgehead atoms. The molecule has 1 aliphatic rings. The summed E-state index contributed by atoms with van der Waals surface area (Å²) in [7, 11) is -2.39. The maximum atomic E-state index is 15.4. The normalized spacial score (nSPS) is 13.7. The summed E-state index contributed by atoms with van der Waals surface area (Å²) in [5, 5.41) is 10.9. The van der Waals surface area contributed by atoms with Crippen LogP contribution in [0.25, 0.3) is 16.8 Å². The monoisotopic (exact) mass is 746 g/mol. The Hall–Kier alpha value is -5.33. The third kappa shape index (κ3) is 9.12. The molecule has 5 rings (SSSR count). The van der Waals surface area contributed by atoms with Gasteiger partial charge in [0.05, 0.1) is 48.7 Å². The molecule has 3 aromatic carbocycles. The van der Waals surface area contributed by atoms with Gasteiger partial charge in [-0.05, 0) is 42.0 Å². The van der Waals surface area contributed by atoms with Gasteiger partial charge in [0, 0.05) is 44.1 Å². The Bertz CT molecular complexity index is 2080. The summed E-state index contributed by atoms with van der Waals surface area (Å²) < 4.78 is 92.7.